The van der Waals surface area contributed by atoms with Crippen LogP contribution in [0.4, 0.5) is 0 Å². The van der Waals surface area contributed by atoms with Gasteiger partial charge < -0.3 is 4.74 Å². The lowest BCUT2D eigenvalue weighted by atomic mass is 10.3. The Morgan fingerprint density at radius 3 is 2.42 bits per heavy atom. The molecule has 0 amide bonds. The monoisotopic (exact) mass is 386 g/mol. The molecule has 3 nitrogen and oxygen atoms in total. The maximum atomic E-state index is 12.2. The Bertz CT molecular complexity index is 633. The molecule has 1 rings (SSSR count). The van der Waals surface area contributed by atoms with Gasteiger partial charge in [0.25, 0.3) is 0 Å². The second-order valence-corrected chi connectivity index (χ2v) is 8.27. The molecule has 0 aliphatic carbocycles. The standard InChI is InChI=1S/C16H21O3PS2.C2H6/c1-3-6-14(7-4-2)19-15-8-10-16(11-9-15)22(17,18)13-5-12-21-20;1-2/h3-4,6-11H,1,5,12-13,20H2,2H3;1-2H3/b7-4-,14-6+;. The molecule has 1 unspecified atom stereocenters. The molecule has 1 atom stereocenters. The molecule has 134 valence electrons. The first-order chi connectivity index (χ1) is 11.5. The van der Waals surface area contributed by atoms with Crippen LogP contribution in [0.2, 0.25) is 0 Å². The van der Waals surface area contributed by atoms with Gasteiger partial charge in [0.15, 0.2) is 9.84 Å². The summed E-state index contributed by atoms with van der Waals surface area (Å²) in [4.78, 5) is 0.328. The highest BCUT2D eigenvalue weighted by Gasteiger charge is 2.13. The Kier molecular flexibility index (Phi) is 12.7. The highest BCUT2D eigenvalue weighted by atomic mass is 32.7. The van der Waals surface area contributed by atoms with Crippen LogP contribution in [0.15, 0.2) is 65.8 Å². The van der Waals surface area contributed by atoms with Crippen molar-refractivity contribution in [3.8, 4) is 5.75 Å². The Labute approximate surface area is 153 Å². The van der Waals surface area contributed by atoms with Crippen molar-refractivity contribution >= 4 is 29.7 Å². The van der Waals surface area contributed by atoms with E-state index in [2.05, 4.69) is 15.0 Å². The molecule has 0 N–H and O–H groups in total. The fourth-order valence-electron chi connectivity index (χ4n) is 1.71. The first kappa shape index (κ1) is 23.0. The fourth-order valence-corrected chi connectivity index (χ4v) is 4.01. The molecule has 1 aromatic carbocycles. The predicted octanol–water partition coefficient (Wildman–Crippen LogP) is 5.42. The minimum atomic E-state index is -3.22. The number of sulfone groups is 1. The summed E-state index contributed by atoms with van der Waals surface area (Å²) in [6.07, 6.45) is 7.69. The number of rotatable bonds is 9. The molecule has 0 aliphatic rings. The maximum absolute atomic E-state index is 12.2. The van der Waals surface area contributed by atoms with E-state index >= 15 is 0 Å². The minimum Gasteiger partial charge on any atom is -0.457 e. The van der Waals surface area contributed by atoms with Crippen molar-refractivity contribution in [2.45, 2.75) is 32.1 Å². The second kappa shape index (κ2) is 13.3. The van der Waals surface area contributed by atoms with Crippen LogP contribution >= 0.6 is 19.8 Å². The highest BCUT2D eigenvalue weighted by Crippen LogP contribution is 2.21. The van der Waals surface area contributed by atoms with Crippen molar-refractivity contribution in [3.05, 3.63) is 60.9 Å². The van der Waals surface area contributed by atoms with Gasteiger partial charge in [-0.2, -0.15) is 0 Å². The van der Waals surface area contributed by atoms with Crippen LogP contribution in [0.3, 0.4) is 0 Å². The van der Waals surface area contributed by atoms with Crippen LogP contribution in [0, 0.1) is 0 Å². The summed E-state index contributed by atoms with van der Waals surface area (Å²) in [7, 11) is -0.696. The van der Waals surface area contributed by atoms with Crippen LogP contribution < -0.4 is 4.74 Å². The zero-order valence-corrected chi connectivity index (χ0v) is 17.4. The van der Waals surface area contributed by atoms with E-state index in [-0.39, 0.29) is 5.75 Å². The molecule has 0 saturated heterocycles. The number of ether oxygens (including phenoxy) is 1. The van der Waals surface area contributed by atoms with Gasteiger partial charge in [-0.05, 0) is 55.5 Å². The average Bonchev–Trinajstić information content (AvgIpc) is 2.58. The van der Waals surface area contributed by atoms with E-state index in [1.807, 2.05) is 32.9 Å². The van der Waals surface area contributed by atoms with Crippen molar-refractivity contribution in [1.29, 1.82) is 0 Å². The van der Waals surface area contributed by atoms with E-state index in [0.29, 0.717) is 22.8 Å². The van der Waals surface area contributed by atoms with Crippen LogP contribution in [0.1, 0.15) is 27.2 Å². The van der Waals surface area contributed by atoms with E-state index in [4.69, 9.17) is 4.74 Å². The average molecular weight is 387 g/mol. The number of hydrogen-bond acceptors (Lipinski definition) is 4. The van der Waals surface area contributed by atoms with Gasteiger partial charge in [0, 0.05) is 0 Å². The molecule has 0 fully saturated rings. The van der Waals surface area contributed by atoms with Gasteiger partial charge in [-0.15, -0.1) is 11.4 Å². The van der Waals surface area contributed by atoms with Gasteiger partial charge in [-0.1, -0.05) is 41.0 Å². The molecule has 0 radical (unpaired) electrons. The van der Waals surface area contributed by atoms with Gasteiger partial charge in [-0.3, -0.25) is 0 Å². The van der Waals surface area contributed by atoms with Crippen LogP contribution in [0.25, 0.3) is 0 Å². The summed E-state index contributed by atoms with van der Waals surface area (Å²) in [5.41, 5.74) is 0. The summed E-state index contributed by atoms with van der Waals surface area (Å²) in [5.74, 6) is 2.20. The summed E-state index contributed by atoms with van der Waals surface area (Å²) in [6.45, 7) is 9.53. The summed E-state index contributed by atoms with van der Waals surface area (Å²) in [5, 5.41) is 0. The van der Waals surface area contributed by atoms with Crippen LogP contribution in [-0.4, -0.2) is 19.9 Å². The molecule has 0 aromatic heterocycles. The van der Waals surface area contributed by atoms with Crippen molar-refractivity contribution in [2.24, 2.45) is 0 Å². The zero-order chi connectivity index (χ0) is 18.4. The summed E-state index contributed by atoms with van der Waals surface area (Å²) < 4.78 is 30.0. The van der Waals surface area contributed by atoms with Gasteiger partial charge in [-0.25, -0.2) is 8.42 Å². The van der Waals surface area contributed by atoms with E-state index in [9.17, 15) is 8.42 Å². The first-order valence-electron chi connectivity index (χ1n) is 7.81. The van der Waals surface area contributed by atoms with Gasteiger partial charge in [0.05, 0.1) is 10.6 Å². The molecule has 0 spiro atoms. The predicted molar refractivity (Wildman–Crippen MR) is 110 cm³/mol. The normalized spacial score (nSPS) is 11.8. The van der Waals surface area contributed by atoms with E-state index in [1.54, 1.807) is 47.8 Å². The Morgan fingerprint density at radius 1 is 1.29 bits per heavy atom. The van der Waals surface area contributed by atoms with Crippen molar-refractivity contribution < 1.29 is 13.2 Å². The Hall–Kier alpha value is -1.03. The van der Waals surface area contributed by atoms with Gasteiger partial charge in [0.1, 0.15) is 11.5 Å². The largest absolute Gasteiger partial charge is 0.457 e. The van der Waals surface area contributed by atoms with Crippen LogP contribution in [0.5, 0.6) is 5.75 Å². The Morgan fingerprint density at radius 2 is 1.92 bits per heavy atom. The van der Waals surface area contributed by atoms with Crippen molar-refractivity contribution in [1.82, 2.24) is 0 Å². The molecular formula is C18H27O3PS2. The van der Waals surface area contributed by atoms with E-state index < -0.39 is 9.84 Å². The summed E-state index contributed by atoms with van der Waals surface area (Å²) in [6, 6.07) is 6.49. The van der Waals surface area contributed by atoms with Crippen molar-refractivity contribution in [3.63, 3.8) is 0 Å². The molecule has 0 bridgehead atoms. The molecule has 0 saturated carbocycles. The smallest absolute Gasteiger partial charge is 0.178 e. The maximum Gasteiger partial charge on any atom is 0.178 e. The molecule has 6 heteroatoms. The van der Waals surface area contributed by atoms with Gasteiger partial charge in [0.2, 0.25) is 0 Å². The zero-order valence-electron chi connectivity index (χ0n) is 14.6. The summed E-state index contributed by atoms with van der Waals surface area (Å²) >= 11 is 1.57. The van der Waals surface area contributed by atoms with Gasteiger partial charge >= 0.3 is 0 Å². The SMILES string of the molecule is C=C/C=C(\C=C/C)Oc1ccc(S(=O)(=O)CCCSP)cc1.CC. The molecular weight excluding hydrogens is 359 g/mol. The lowest BCUT2D eigenvalue weighted by Crippen LogP contribution is -2.07. The molecule has 1 aromatic rings. The molecule has 0 heterocycles. The number of benzene rings is 1. The Balaban J connectivity index is 0.00000254. The van der Waals surface area contributed by atoms with Crippen molar-refractivity contribution in [2.75, 3.05) is 11.5 Å². The topological polar surface area (TPSA) is 43.4 Å². The molecule has 0 aliphatic heterocycles. The number of allylic oxidation sites excluding steroid dienone is 4. The third-order valence-corrected chi connectivity index (χ3v) is 5.75. The first-order valence-corrected chi connectivity index (χ1v) is 11.9. The molecule has 24 heavy (non-hydrogen) atoms. The number of hydrogen-bond donors (Lipinski definition) is 0. The fraction of sp³-hybridized carbons (Fsp3) is 0.333. The third-order valence-electron chi connectivity index (χ3n) is 2.71. The quantitative estimate of drug-likeness (QED) is 0.246. The lowest BCUT2D eigenvalue weighted by Gasteiger charge is -2.08. The van der Waals surface area contributed by atoms with E-state index in [0.717, 1.165) is 5.75 Å². The highest BCUT2D eigenvalue weighted by molar-refractivity contribution is 8.43. The third kappa shape index (κ3) is 8.72. The second-order valence-electron chi connectivity index (χ2n) is 4.42. The lowest BCUT2D eigenvalue weighted by molar-refractivity contribution is 0.444. The van der Waals surface area contributed by atoms with E-state index in [1.165, 1.54) is 0 Å². The van der Waals surface area contributed by atoms with Crippen LogP contribution in [-0.2, 0) is 9.84 Å². The minimum absolute atomic E-state index is 0.162.